The number of nitrogens with two attached hydrogens (primary N) is 1. The Labute approximate surface area is 172 Å². The smallest absolute Gasteiger partial charge is 0.267 e. The average molecular weight is 415 g/mol. The van der Waals surface area contributed by atoms with E-state index in [1.807, 2.05) is 0 Å². The average Bonchev–Trinajstić information content (AvgIpc) is 3.12. The van der Waals surface area contributed by atoms with E-state index in [-0.39, 0.29) is 17.4 Å². The van der Waals surface area contributed by atoms with Crippen LogP contribution in [0.4, 0.5) is 10.1 Å². The molecule has 0 saturated carbocycles. The molecule has 0 unspecified atom stereocenters. The zero-order valence-corrected chi connectivity index (χ0v) is 16.6. The van der Waals surface area contributed by atoms with Gasteiger partial charge in [-0.2, -0.15) is 0 Å². The highest BCUT2D eigenvalue weighted by Gasteiger charge is 2.54. The number of amides is 2. The summed E-state index contributed by atoms with van der Waals surface area (Å²) in [4.78, 5) is 28.4. The number of nitrogens with one attached hydrogen (secondary N) is 1. The second-order valence-corrected chi connectivity index (χ2v) is 7.60. The summed E-state index contributed by atoms with van der Waals surface area (Å²) in [5.74, 6) is -1.43. The number of anilines is 1. The lowest BCUT2D eigenvalue weighted by molar-refractivity contribution is -0.200. The predicted octanol–water partition coefficient (Wildman–Crippen LogP) is 1.92. The van der Waals surface area contributed by atoms with Crippen LogP contribution in [-0.4, -0.2) is 48.8 Å². The number of carbonyl (C=O) groups is 2. The maximum absolute atomic E-state index is 14.1. The maximum Gasteiger partial charge on any atom is 0.267 e. The highest BCUT2D eigenvalue weighted by molar-refractivity contribution is 5.97. The molecule has 1 aromatic heterocycles. The molecule has 3 heterocycles. The van der Waals surface area contributed by atoms with Crippen LogP contribution >= 0.6 is 0 Å². The van der Waals surface area contributed by atoms with Gasteiger partial charge in [0.15, 0.2) is 0 Å². The van der Waals surface area contributed by atoms with Crippen LogP contribution in [0.2, 0.25) is 0 Å². The Morgan fingerprint density at radius 1 is 1.33 bits per heavy atom. The summed E-state index contributed by atoms with van der Waals surface area (Å²) >= 11 is 0. The fourth-order valence-corrected chi connectivity index (χ4v) is 4.04. The third-order valence-electron chi connectivity index (χ3n) is 5.58. The van der Waals surface area contributed by atoms with Gasteiger partial charge >= 0.3 is 0 Å². The zero-order chi connectivity index (χ0) is 21.5. The molecular formula is C21H22FN3O5. The highest BCUT2D eigenvalue weighted by atomic mass is 19.1. The van der Waals surface area contributed by atoms with Crippen molar-refractivity contribution in [1.29, 1.82) is 0 Å². The van der Waals surface area contributed by atoms with Gasteiger partial charge in [-0.25, -0.2) is 4.39 Å². The monoisotopic (exact) mass is 415 g/mol. The topological polar surface area (TPSA) is 113 Å². The molecule has 2 amide bonds. The van der Waals surface area contributed by atoms with Crippen LogP contribution in [0.15, 0.2) is 30.5 Å². The molecule has 9 heteroatoms. The number of methoxy groups -OCH3 is 1. The number of benzene rings is 1. The summed E-state index contributed by atoms with van der Waals surface area (Å²) in [6.07, 6.45) is 1.07. The fraction of sp³-hybridized carbons (Fsp3) is 0.381. The summed E-state index contributed by atoms with van der Waals surface area (Å²) in [5, 5.41) is 2.76. The summed E-state index contributed by atoms with van der Waals surface area (Å²) in [6, 6.07) is 5.95. The molecule has 3 N–H and O–H groups in total. The fourth-order valence-electron chi connectivity index (χ4n) is 4.04. The quantitative estimate of drug-likeness (QED) is 0.772. The SMILES string of the molecule is COc1c([C@H]2CC3(COC3)O[C@@H]2C(=O)Nc2ccnc(C(N)=O)c2)ccc(F)c1C. The van der Waals surface area contributed by atoms with Crippen molar-refractivity contribution >= 4 is 17.5 Å². The Kier molecular flexibility index (Phi) is 5.17. The van der Waals surface area contributed by atoms with Gasteiger partial charge < -0.3 is 25.3 Å². The second kappa shape index (κ2) is 7.66. The predicted molar refractivity (Wildman–Crippen MR) is 105 cm³/mol. The molecule has 30 heavy (non-hydrogen) atoms. The lowest BCUT2D eigenvalue weighted by atomic mass is 9.84. The van der Waals surface area contributed by atoms with Crippen molar-refractivity contribution in [3.05, 3.63) is 53.1 Å². The molecule has 2 atom stereocenters. The Balaban J connectivity index is 1.65. The number of carbonyl (C=O) groups excluding carboxylic acids is 2. The number of hydrogen-bond donors (Lipinski definition) is 2. The van der Waals surface area contributed by atoms with Gasteiger partial charge in [0.05, 0.1) is 20.3 Å². The Morgan fingerprint density at radius 3 is 2.73 bits per heavy atom. The van der Waals surface area contributed by atoms with Gasteiger partial charge in [-0.1, -0.05) is 6.07 Å². The number of aromatic nitrogens is 1. The first-order chi connectivity index (χ1) is 14.3. The molecular weight excluding hydrogens is 393 g/mol. The van der Waals surface area contributed by atoms with Crippen molar-refractivity contribution in [3.63, 3.8) is 0 Å². The minimum Gasteiger partial charge on any atom is -0.496 e. The molecule has 2 saturated heterocycles. The van der Waals surface area contributed by atoms with Crippen molar-refractivity contribution < 1.29 is 28.2 Å². The first-order valence-corrected chi connectivity index (χ1v) is 9.49. The Hall–Kier alpha value is -3.04. The maximum atomic E-state index is 14.1. The molecule has 1 aromatic carbocycles. The summed E-state index contributed by atoms with van der Waals surface area (Å²) in [5.41, 5.74) is 6.19. The molecule has 1 spiro atoms. The van der Waals surface area contributed by atoms with E-state index in [0.29, 0.717) is 42.2 Å². The number of rotatable bonds is 5. The van der Waals surface area contributed by atoms with E-state index < -0.39 is 23.5 Å². The Bertz CT molecular complexity index is 1010. The lowest BCUT2D eigenvalue weighted by Crippen LogP contribution is -2.50. The number of hydrogen-bond acceptors (Lipinski definition) is 6. The van der Waals surface area contributed by atoms with Crippen molar-refractivity contribution in [1.82, 2.24) is 4.98 Å². The van der Waals surface area contributed by atoms with Crippen LogP contribution in [0.5, 0.6) is 5.75 Å². The molecule has 2 aliphatic rings. The van der Waals surface area contributed by atoms with E-state index >= 15 is 0 Å². The van der Waals surface area contributed by atoms with E-state index in [2.05, 4.69) is 10.3 Å². The van der Waals surface area contributed by atoms with Gasteiger partial charge in [-0.15, -0.1) is 0 Å². The summed E-state index contributed by atoms with van der Waals surface area (Å²) < 4.78 is 31.0. The molecule has 158 valence electrons. The summed E-state index contributed by atoms with van der Waals surface area (Å²) in [6.45, 7) is 2.40. The van der Waals surface area contributed by atoms with Crippen LogP contribution in [0.1, 0.15) is 34.0 Å². The van der Waals surface area contributed by atoms with Gasteiger partial charge in [0, 0.05) is 28.9 Å². The first-order valence-electron chi connectivity index (χ1n) is 9.49. The van der Waals surface area contributed by atoms with Crippen LogP contribution in [0.25, 0.3) is 0 Å². The van der Waals surface area contributed by atoms with E-state index in [4.69, 9.17) is 19.9 Å². The number of pyridine rings is 1. The minimum absolute atomic E-state index is 0.0383. The third kappa shape index (κ3) is 3.50. The minimum atomic E-state index is -0.849. The normalized spacial score (nSPS) is 21.8. The third-order valence-corrected chi connectivity index (χ3v) is 5.58. The molecule has 4 rings (SSSR count). The van der Waals surface area contributed by atoms with Crippen LogP contribution < -0.4 is 15.8 Å². The van der Waals surface area contributed by atoms with E-state index in [9.17, 15) is 14.0 Å². The van der Waals surface area contributed by atoms with Gasteiger partial charge in [-0.05, 0) is 31.5 Å². The van der Waals surface area contributed by atoms with Crippen molar-refractivity contribution in [2.45, 2.75) is 31.0 Å². The molecule has 8 nitrogen and oxygen atoms in total. The standard InChI is InChI=1S/C21H22FN3O5/c1-11-15(22)4-3-13(17(11)28-2)14-8-21(9-29-10-21)30-18(14)20(27)25-12-5-6-24-16(7-12)19(23)26/h3-7,14,18H,8-10H2,1-2H3,(H2,23,26)(H,24,25,27)/t14-,18+/m1/s1. The van der Waals surface area contributed by atoms with Crippen molar-refractivity contribution in [2.24, 2.45) is 5.73 Å². The van der Waals surface area contributed by atoms with Crippen LogP contribution in [0.3, 0.4) is 0 Å². The van der Waals surface area contributed by atoms with E-state index in [1.54, 1.807) is 19.1 Å². The van der Waals surface area contributed by atoms with E-state index in [0.717, 1.165) is 0 Å². The van der Waals surface area contributed by atoms with Gasteiger partial charge in [-0.3, -0.25) is 14.6 Å². The van der Waals surface area contributed by atoms with Crippen LogP contribution in [0, 0.1) is 12.7 Å². The van der Waals surface area contributed by atoms with Gasteiger partial charge in [0.25, 0.3) is 11.8 Å². The van der Waals surface area contributed by atoms with E-state index in [1.165, 1.54) is 25.4 Å². The number of halogens is 1. The van der Waals surface area contributed by atoms with Gasteiger partial charge in [0.1, 0.15) is 29.0 Å². The molecule has 2 aliphatic heterocycles. The van der Waals surface area contributed by atoms with Crippen LogP contribution in [-0.2, 0) is 14.3 Å². The zero-order valence-electron chi connectivity index (χ0n) is 16.6. The summed E-state index contributed by atoms with van der Waals surface area (Å²) in [7, 11) is 1.47. The number of ether oxygens (including phenoxy) is 3. The molecule has 2 aromatic rings. The molecule has 0 aliphatic carbocycles. The molecule has 2 fully saturated rings. The number of nitrogens with zero attached hydrogens (tertiary/aromatic N) is 1. The second-order valence-electron chi connectivity index (χ2n) is 7.60. The lowest BCUT2D eigenvalue weighted by Gasteiger charge is -2.37. The number of primary amides is 1. The van der Waals surface area contributed by atoms with Gasteiger partial charge in [0.2, 0.25) is 0 Å². The van der Waals surface area contributed by atoms with Crippen molar-refractivity contribution in [2.75, 3.05) is 25.6 Å². The first kappa shape index (κ1) is 20.2. The molecule has 0 radical (unpaired) electrons. The van der Waals surface area contributed by atoms with Crippen molar-refractivity contribution in [3.8, 4) is 5.75 Å². The Morgan fingerprint density at radius 2 is 2.10 bits per heavy atom. The largest absolute Gasteiger partial charge is 0.496 e. The highest BCUT2D eigenvalue weighted by Crippen LogP contribution is 2.48. The molecule has 0 bridgehead atoms.